The van der Waals surface area contributed by atoms with E-state index in [4.69, 9.17) is 18.0 Å². The first-order valence-electron chi connectivity index (χ1n) is 7.28. The molecule has 0 aliphatic heterocycles. The summed E-state index contributed by atoms with van der Waals surface area (Å²) < 4.78 is 27.2. The summed E-state index contributed by atoms with van der Waals surface area (Å²) in [6, 6.07) is 6.36. The van der Waals surface area contributed by atoms with Crippen LogP contribution < -0.4 is 10.5 Å². The van der Waals surface area contributed by atoms with Crippen molar-refractivity contribution in [2.75, 3.05) is 6.54 Å². The van der Waals surface area contributed by atoms with Crippen molar-refractivity contribution >= 4 is 27.2 Å². The van der Waals surface area contributed by atoms with Crippen LogP contribution in [0.3, 0.4) is 0 Å². The molecule has 4 nitrogen and oxygen atoms in total. The lowest BCUT2D eigenvalue weighted by Gasteiger charge is -2.26. The van der Waals surface area contributed by atoms with Gasteiger partial charge in [-0.1, -0.05) is 44.1 Å². The highest BCUT2D eigenvalue weighted by Gasteiger charge is 2.21. The Bertz CT molecular complexity index is 589. The van der Waals surface area contributed by atoms with Gasteiger partial charge in [0.15, 0.2) is 0 Å². The summed E-state index contributed by atoms with van der Waals surface area (Å²) in [5.41, 5.74) is 6.18. The standard InChI is InChI=1S/C15H22N2O2S2/c1-11-2-4-12(5-3-11)10-17-21(18,19)14-8-6-13(7-9-14)15(16)20/h6-9,11-12,17H,2-5,10H2,1H3,(H2,16,20). The highest BCUT2D eigenvalue weighted by atomic mass is 32.2. The van der Waals surface area contributed by atoms with Gasteiger partial charge in [-0.2, -0.15) is 0 Å². The van der Waals surface area contributed by atoms with Gasteiger partial charge in [-0.15, -0.1) is 0 Å². The maximum absolute atomic E-state index is 12.2. The minimum absolute atomic E-state index is 0.256. The van der Waals surface area contributed by atoms with Gasteiger partial charge < -0.3 is 5.73 Å². The molecule has 0 unspecified atom stereocenters. The molecule has 1 aromatic carbocycles. The number of nitrogens with one attached hydrogen (secondary N) is 1. The van der Waals surface area contributed by atoms with E-state index in [9.17, 15) is 8.42 Å². The lowest BCUT2D eigenvalue weighted by atomic mass is 9.83. The van der Waals surface area contributed by atoms with E-state index in [1.807, 2.05) is 0 Å². The van der Waals surface area contributed by atoms with Crippen LogP contribution >= 0.6 is 12.2 Å². The minimum atomic E-state index is -3.45. The van der Waals surface area contributed by atoms with Gasteiger partial charge >= 0.3 is 0 Å². The molecule has 116 valence electrons. The van der Waals surface area contributed by atoms with E-state index in [0.717, 1.165) is 18.8 Å². The number of nitrogens with two attached hydrogens (primary N) is 1. The second kappa shape index (κ2) is 6.85. The van der Waals surface area contributed by atoms with Gasteiger partial charge in [-0.3, -0.25) is 0 Å². The first-order chi connectivity index (χ1) is 9.88. The van der Waals surface area contributed by atoms with Crippen LogP contribution in [0.15, 0.2) is 29.2 Å². The van der Waals surface area contributed by atoms with Crippen LogP contribution in [0, 0.1) is 11.8 Å². The first-order valence-corrected chi connectivity index (χ1v) is 9.17. The lowest BCUT2D eigenvalue weighted by Crippen LogP contribution is -2.31. The van der Waals surface area contributed by atoms with E-state index in [2.05, 4.69) is 11.6 Å². The molecule has 21 heavy (non-hydrogen) atoms. The van der Waals surface area contributed by atoms with Crippen molar-refractivity contribution in [1.82, 2.24) is 4.72 Å². The highest BCUT2D eigenvalue weighted by Crippen LogP contribution is 2.28. The predicted octanol–water partition coefficient (Wildman–Crippen LogP) is 2.43. The molecule has 1 aliphatic carbocycles. The number of rotatable bonds is 5. The Kier molecular flexibility index (Phi) is 5.35. The maximum atomic E-state index is 12.2. The van der Waals surface area contributed by atoms with Gasteiger partial charge in [-0.05, 0) is 36.8 Å². The van der Waals surface area contributed by atoms with Crippen molar-refractivity contribution in [3.63, 3.8) is 0 Å². The summed E-state index contributed by atoms with van der Waals surface area (Å²) in [6.45, 7) is 2.77. The molecule has 0 spiro atoms. The van der Waals surface area contributed by atoms with Crippen LogP contribution in [0.2, 0.25) is 0 Å². The Morgan fingerprint density at radius 3 is 2.33 bits per heavy atom. The van der Waals surface area contributed by atoms with E-state index in [0.29, 0.717) is 18.0 Å². The topological polar surface area (TPSA) is 72.2 Å². The van der Waals surface area contributed by atoms with Gasteiger partial charge in [0.25, 0.3) is 0 Å². The summed E-state index contributed by atoms with van der Waals surface area (Å²) in [6.07, 6.45) is 4.58. The van der Waals surface area contributed by atoms with Crippen LogP contribution in [-0.2, 0) is 10.0 Å². The van der Waals surface area contributed by atoms with E-state index in [1.54, 1.807) is 24.3 Å². The van der Waals surface area contributed by atoms with Gasteiger partial charge in [0.2, 0.25) is 10.0 Å². The molecule has 0 saturated heterocycles. The van der Waals surface area contributed by atoms with Gasteiger partial charge in [0.05, 0.1) is 4.90 Å². The zero-order chi connectivity index (χ0) is 15.5. The Morgan fingerprint density at radius 1 is 1.24 bits per heavy atom. The number of hydrogen-bond donors (Lipinski definition) is 2. The average Bonchev–Trinajstić information content (AvgIpc) is 2.47. The van der Waals surface area contributed by atoms with Crippen LogP contribution in [0.1, 0.15) is 38.2 Å². The Balaban J connectivity index is 1.96. The fourth-order valence-electron chi connectivity index (χ4n) is 2.64. The Labute approximate surface area is 132 Å². The van der Waals surface area contributed by atoms with Crippen molar-refractivity contribution < 1.29 is 8.42 Å². The summed E-state index contributed by atoms with van der Waals surface area (Å²) in [5, 5.41) is 0. The van der Waals surface area contributed by atoms with E-state index < -0.39 is 10.0 Å². The molecule has 0 radical (unpaired) electrons. The normalized spacial score (nSPS) is 22.9. The molecule has 1 fully saturated rings. The number of sulfonamides is 1. The highest BCUT2D eigenvalue weighted by molar-refractivity contribution is 7.89. The molecule has 0 amide bonds. The number of benzene rings is 1. The second-order valence-electron chi connectivity index (χ2n) is 5.87. The third-order valence-electron chi connectivity index (χ3n) is 4.15. The van der Waals surface area contributed by atoms with E-state index in [1.165, 1.54) is 12.8 Å². The average molecular weight is 326 g/mol. The molecule has 1 aromatic rings. The largest absolute Gasteiger partial charge is 0.389 e. The van der Waals surface area contributed by atoms with E-state index in [-0.39, 0.29) is 9.88 Å². The van der Waals surface area contributed by atoms with Crippen LogP contribution in [0.5, 0.6) is 0 Å². The molecule has 2 rings (SSSR count). The molecule has 6 heteroatoms. The smallest absolute Gasteiger partial charge is 0.240 e. The summed E-state index contributed by atoms with van der Waals surface area (Å²) >= 11 is 4.86. The minimum Gasteiger partial charge on any atom is -0.389 e. The van der Waals surface area contributed by atoms with Crippen molar-refractivity contribution in [1.29, 1.82) is 0 Å². The number of hydrogen-bond acceptors (Lipinski definition) is 3. The quantitative estimate of drug-likeness (QED) is 0.815. The van der Waals surface area contributed by atoms with Crippen LogP contribution in [0.4, 0.5) is 0 Å². The Morgan fingerprint density at radius 2 is 1.81 bits per heavy atom. The molecule has 3 N–H and O–H groups in total. The molecule has 0 atom stereocenters. The summed E-state index contributed by atoms with van der Waals surface area (Å²) in [5.74, 6) is 1.22. The van der Waals surface area contributed by atoms with Gasteiger partial charge in [-0.25, -0.2) is 13.1 Å². The summed E-state index contributed by atoms with van der Waals surface area (Å²) in [7, 11) is -3.45. The second-order valence-corrected chi connectivity index (χ2v) is 8.07. The van der Waals surface area contributed by atoms with Crippen LogP contribution in [-0.4, -0.2) is 20.0 Å². The molecule has 0 aromatic heterocycles. The molecular formula is C15H22N2O2S2. The van der Waals surface area contributed by atoms with Crippen molar-refractivity contribution in [3.05, 3.63) is 29.8 Å². The summed E-state index contributed by atoms with van der Waals surface area (Å²) in [4.78, 5) is 0.523. The molecule has 1 aliphatic rings. The molecule has 0 heterocycles. The SMILES string of the molecule is CC1CCC(CNS(=O)(=O)c2ccc(C(N)=S)cc2)CC1. The van der Waals surface area contributed by atoms with Crippen LogP contribution in [0.25, 0.3) is 0 Å². The van der Waals surface area contributed by atoms with Gasteiger partial charge in [0.1, 0.15) is 4.99 Å². The van der Waals surface area contributed by atoms with Crippen molar-refractivity contribution in [2.24, 2.45) is 17.6 Å². The zero-order valence-corrected chi connectivity index (χ0v) is 13.8. The maximum Gasteiger partial charge on any atom is 0.240 e. The fourth-order valence-corrected chi connectivity index (χ4v) is 3.89. The lowest BCUT2D eigenvalue weighted by molar-refractivity contribution is 0.290. The van der Waals surface area contributed by atoms with Crippen molar-refractivity contribution in [2.45, 2.75) is 37.5 Å². The fraction of sp³-hybridized carbons (Fsp3) is 0.533. The number of thiocarbonyl (C=S) groups is 1. The van der Waals surface area contributed by atoms with Gasteiger partial charge in [0, 0.05) is 12.1 Å². The van der Waals surface area contributed by atoms with E-state index >= 15 is 0 Å². The third kappa shape index (κ3) is 4.49. The monoisotopic (exact) mass is 326 g/mol. The first kappa shape index (κ1) is 16.4. The molecule has 1 saturated carbocycles. The zero-order valence-electron chi connectivity index (χ0n) is 12.2. The Hall–Kier alpha value is -0.980. The molecule has 0 bridgehead atoms. The van der Waals surface area contributed by atoms with Crippen molar-refractivity contribution in [3.8, 4) is 0 Å². The molecular weight excluding hydrogens is 304 g/mol. The third-order valence-corrected chi connectivity index (χ3v) is 5.82. The predicted molar refractivity (Wildman–Crippen MR) is 88.6 cm³/mol.